The highest BCUT2D eigenvalue weighted by Gasteiger charge is 2.14. The number of esters is 1. The van der Waals surface area contributed by atoms with E-state index < -0.39 is 5.97 Å². The van der Waals surface area contributed by atoms with Gasteiger partial charge in [-0.3, -0.25) is 9.59 Å². The maximum atomic E-state index is 12.6. The number of rotatable bonds is 7. The number of aromatic nitrogens is 3. The van der Waals surface area contributed by atoms with Crippen LogP contribution < -0.4 is 10.3 Å². The molecule has 0 amide bonds. The van der Waals surface area contributed by atoms with Crippen LogP contribution in [-0.4, -0.2) is 33.9 Å². The first-order chi connectivity index (χ1) is 12.6. The highest BCUT2D eigenvalue weighted by molar-refractivity contribution is 5.72. The summed E-state index contributed by atoms with van der Waals surface area (Å²) in [7, 11) is 1.29. The fourth-order valence-corrected chi connectivity index (χ4v) is 2.62. The van der Waals surface area contributed by atoms with E-state index in [1.165, 1.54) is 22.4 Å². The molecule has 136 valence electrons. The largest absolute Gasteiger partial charge is 0.493 e. The number of para-hydroxylation sites is 1. The molecule has 0 aliphatic heterocycles. The summed E-state index contributed by atoms with van der Waals surface area (Å²) < 4.78 is 13.3. The Bertz CT molecular complexity index is 974. The zero-order valence-electron chi connectivity index (χ0n) is 14.8. The van der Waals surface area contributed by atoms with Crippen LogP contribution in [0.5, 0.6) is 5.75 Å². The monoisotopic (exact) mass is 355 g/mol. The first kappa shape index (κ1) is 17.7. The minimum Gasteiger partial charge on any atom is -0.493 e. The lowest BCUT2D eigenvalue weighted by molar-refractivity contribution is -0.141. The quantitative estimate of drug-likeness (QED) is 0.481. The molecule has 0 aliphatic rings. The standard InChI is InChI=1S/C19H21N3O4/c1-3-4-11-26-17-8-6-5-7-14(17)15-12-16-19(24)21(13-18(23)25-2)9-10-22(16)20-15/h5-10,12H,3-4,11,13H2,1-2H3. The SMILES string of the molecule is CCCCOc1ccccc1-c1cc2c(=O)n(CC(=O)OC)ccn2n1. The summed E-state index contributed by atoms with van der Waals surface area (Å²) in [6.07, 6.45) is 5.18. The fourth-order valence-electron chi connectivity index (χ4n) is 2.62. The summed E-state index contributed by atoms with van der Waals surface area (Å²) in [6.45, 7) is 2.60. The lowest BCUT2D eigenvalue weighted by Crippen LogP contribution is -2.25. The molecule has 0 spiro atoms. The molecule has 0 unspecified atom stereocenters. The maximum absolute atomic E-state index is 12.6. The van der Waals surface area contributed by atoms with Crippen LogP contribution in [-0.2, 0) is 16.1 Å². The minimum atomic E-state index is -0.481. The van der Waals surface area contributed by atoms with E-state index >= 15 is 0 Å². The number of methoxy groups -OCH3 is 1. The summed E-state index contributed by atoms with van der Waals surface area (Å²) in [4.78, 5) is 24.0. The van der Waals surface area contributed by atoms with Gasteiger partial charge >= 0.3 is 5.97 Å². The smallest absolute Gasteiger partial charge is 0.325 e. The Labute approximate surface area is 150 Å². The highest BCUT2D eigenvalue weighted by Crippen LogP contribution is 2.29. The van der Waals surface area contributed by atoms with E-state index in [2.05, 4.69) is 16.8 Å². The summed E-state index contributed by atoms with van der Waals surface area (Å²) in [5.74, 6) is 0.255. The van der Waals surface area contributed by atoms with Gasteiger partial charge in [-0.1, -0.05) is 25.5 Å². The molecule has 1 aromatic carbocycles. The average Bonchev–Trinajstić information content (AvgIpc) is 3.09. The van der Waals surface area contributed by atoms with Crippen molar-refractivity contribution in [3.05, 3.63) is 53.1 Å². The topological polar surface area (TPSA) is 74.8 Å². The second-order valence-electron chi connectivity index (χ2n) is 5.86. The summed E-state index contributed by atoms with van der Waals surface area (Å²) in [5, 5.41) is 4.48. The molecule has 2 aromatic heterocycles. The molecule has 7 nitrogen and oxygen atoms in total. The minimum absolute atomic E-state index is 0.136. The molecular weight excluding hydrogens is 334 g/mol. The third kappa shape index (κ3) is 3.61. The van der Waals surface area contributed by atoms with Crippen molar-refractivity contribution in [3.8, 4) is 17.0 Å². The predicted octanol–water partition coefficient (Wildman–Crippen LogP) is 2.51. The van der Waals surface area contributed by atoms with Gasteiger partial charge in [0.1, 0.15) is 17.8 Å². The predicted molar refractivity (Wildman–Crippen MR) is 97.3 cm³/mol. The van der Waals surface area contributed by atoms with Crippen LogP contribution in [0, 0.1) is 0 Å². The van der Waals surface area contributed by atoms with E-state index in [4.69, 9.17) is 4.74 Å². The molecule has 0 N–H and O–H groups in total. The van der Waals surface area contributed by atoms with Crippen LogP contribution in [0.3, 0.4) is 0 Å². The van der Waals surface area contributed by atoms with Crippen molar-refractivity contribution in [2.45, 2.75) is 26.3 Å². The van der Waals surface area contributed by atoms with Gasteiger partial charge in [0.2, 0.25) is 0 Å². The number of hydrogen-bond acceptors (Lipinski definition) is 5. The van der Waals surface area contributed by atoms with Crippen molar-refractivity contribution in [2.24, 2.45) is 0 Å². The number of benzene rings is 1. The molecule has 0 saturated carbocycles. The van der Waals surface area contributed by atoms with Crippen LogP contribution in [0.2, 0.25) is 0 Å². The zero-order chi connectivity index (χ0) is 18.5. The number of fused-ring (bicyclic) bond motifs is 1. The zero-order valence-corrected chi connectivity index (χ0v) is 14.8. The highest BCUT2D eigenvalue weighted by atomic mass is 16.5. The Morgan fingerprint density at radius 3 is 2.81 bits per heavy atom. The molecule has 0 atom stereocenters. The summed E-state index contributed by atoms with van der Waals surface area (Å²) in [5.41, 5.74) is 1.55. The van der Waals surface area contributed by atoms with Gasteiger partial charge in [0.15, 0.2) is 0 Å². The van der Waals surface area contributed by atoms with Crippen molar-refractivity contribution >= 4 is 11.5 Å². The first-order valence-electron chi connectivity index (χ1n) is 8.52. The molecule has 7 heteroatoms. The van der Waals surface area contributed by atoms with Gasteiger partial charge < -0.3 is 14.0 Å². The lowest BCUT2D eigenvalue weighted by Gasteiger charge is -2.09. The molecule has 0 radical (unpaired) electrons. The van der Waals surface area contributed by atoms with E-state index in [1.807, 2.05) is 24.3 Å². The molecule has 26 heavy (non-hydrogen) atoms. The van der Waals surface area contributed by atoms with Gasteiger partial charge in [0, 0.05) is 18.0 Å². The van der Waals surface area contributed by atoms with Crippen LogP contribution in [0.25, 0.3) is 16.8 Å². The number of carbonyl (C=O) groups excluding carboxylic acids is 1. The van der Waals surface area contributed by atoms with Gasteiger partial charge in [-0.05, 0) is 24.6 Å². The molecule has 0 bridgehead atoms. The van der Waals surface area contributed by atoms with Gasteiger partial charge in [0.05, 0.1) is 19.4 Å². The Morgan fingerprint density at radius 1 is 1.23 bits per heavy atom. The van der Waals surface area contributed by atoms with E-state index in [9.17, 15) is 9.59 Å². The normalized spacial score (nSPS) is 10.8. The van der Waals surface area contributed by atoms with E-state index in [-0.39, 0.29) is 12.1 Å². The van der Waals surface area contributed by atoms with Crippen molar-refractivity contribution in [2.75, 3.05) is 13.7 Å². The third-order valence-electron chi connectivity index (χ3n) is 4.05. The van der Waals surface area contributed by atoms with Crippen molar-refractivity contribution in [1.29, 1.82) is 0 Å². The Kier molecular flexibility index (Phi) is 5.36. The van der Waals surface area contributed by atoms with Crippen molar-refractivity contribution < 1.29 is 14.3 Å². The van der Waals surface area contributed by atoms with E-state index in [1.54, 1.807) is 12.3 Å². The molecule has 3 rings (SSSR count). The van der Waals surface area contributed by atoms with Crippen LogP contribution in [0.1, 0.15) is 19.8 Å². The summed E-state index contributed by atoms with van der Waals surface area (Å²) in [6, 6.07) is 9.32. The number of nitrogens with zero attached hydrogens (tertiary/aromatic N) is 3. The maximum Gasteiger partial charge on any atom is 0.325 e. The third-order valence-corrected chi connectivity index (χ3v) is 4.05. The van der Waals surface area contributed by atoms with E-state index in [0.717, 1.165) is 24.2 Å². The van der Waals surface area contributed by atoms with Crippen LogP contribution >= 0.6 is 0 Å². The van der Waals surface area contributed by atoms with Crippen LogP contribution in [0.15, 0.2) is 47.5 Å². The molecule has 0 aliphatic carbocycles. The van der Waals surface area contributed by atoms with Crippen molar-refractivity contribution in [1.82, 2.24) is 14.2 Å². The van der Waals surface area contributed by atoms with Crippen molar-refractivity contribution in [3.63, 3.8) is 0 Å². The number of carbonyl (C=O) groups is 1. The number of ether oxygens (including phenoxy) is 2. The molecule has 0 fully saturated rings. The Hall–Kier alpha value is -3.09. The number of hydrogen-bond donors (Lipinski definition) is 0. The first-order valence-corrected chi connectivity index (χ1v) is 8.52. The van der Waals surface area contributed by atoms with Gasteiger partial charge in [-0.15, -0.1) is 0 Å². The van der Waals surface area contributed by atoms with Gasteiger partial charge in [-0.25, -0.2) is 4.52 Å². The van der Waals surface area contributed by atoms with Gasteiger partial charge in [0.25, 0.3) is 5.56 Å². The Balaban J connectivity index is 1.99. The molecule has 0 saturated heterocycles. The van der Waals surface area contributed by atoms with Gasteiger partial charge in [-0.2, -0.15) is 5.10 Å². The van der Waals surface area contributed by atoms with Crippen LogP contribution in [0.4, 0.5) is 0 Å². The molecule has 3 aromatic rings. The Morgan fingerprint density at radius 2 is 2.04 bits per heavy atom. The molecular formula is C19H21N3O4. The second-order valence-corrected chi connectivity index (χ2v) is 5.86. The molecule has 2 heterocycles. The summed E-state index contributed by atoms with van der Waals surface area (Å²) >= 11 is 0. The fraction of sp³-hybridized carbons (Fsp3) is 0.316. The number of unbranched alkanes of at least 4 members (excludes halogenated alkanes) is 1. The van der Waals surface area contributed by atoms with E-state index in [0.29, 0.717) is 17.8 Å². The second kappa shape index (κ2) is 7.86. The lowest BCUT2D eigenvalue weighted by atomic mass is 10.1. The average molecular weight is 355 g/mol.